The molecule has 4 nitrogen and oxygen atoms in total. The second-order valence-electron chi connectivity index (χ2n) is 9.05. The lowest BCUT2D eigenvalue weighted by molar-refractivity contribution is 0.00558. The summed E-state index contributed by atoms with van der Waals surface area (Å²) in [4.78, 5) is 0. The van der Waals surface area contributed by atoms with Crippen LogP contribution in [-0.4, -0.2) is 28.5 Å². The Morgan fingerprint density at radius 2 is 2.00 bits per heavy atom. The zero-order valence-electron chi connectivity index (χ0n) is 16.0. The van der Waals surface area contributed by atoms with Gasteiger partial charge in [0.05, 0.1) is 6.10 Å². The van der Waals surface area contributed by atoms with Crippen LogP contribution >= 0.6 is 0 Å². The molecule has 1 unspecified atom stereocenters. The molecule has 0 aromatic heterocycles. The smallest absolute Gasteiger partial charge is 0.127 e. The number of rotatable bonds is 2. The van der Waals surface area contributed by atoms with Gasteiger partial charge in [-0.05, 0) is 55.4 Å². The molecule has 1 aromatic carbocycles. The van der Waals surface area contributed by atoms with E-state index in [4.69, 9.17) is 10.5 Å². The average molecular weight is 345 g/mol. The molecule has 138 valence electrons. The molecule has 1 aliphatic carbocycles. The molecule has 2 aliphatic rings. The average Bonchev–Trinajstić information content (AvgIpc) is 2.51. The van der Waals surface area contributed by atoms with Gasteiger partial charge in [-0.15, -0.1) is 0 Å². The Balaban J connectivity index is 2.09. The summed E-state index contributed by atoms with van der Waals surface area (Å²) >= 11 is 0. The zero-order chi connectivity index (χ0) is 18.6. The van der Waals surface area contributed by atoms with Crippen LogP contribution in [0, 0.1) is 5.92 Å². The number of aromatic hydroxyl groups is 1. The minimum absolute atomic E-state index is 0.0652. The van der Waals surface area contributed by atoms with Crippen LogP contribution in [0.3, 0.4) is 0 Å². The Morgan fingerprint density at radius 1 is 1.32 bits per heavy atom. The first-order chi connectivity index (χ1) is 11.5. The van der Waals surface area contributed by atoms with E-state index in [1.165, 1.54) is 0 Å². The molecular weight excluding hydrogens is 314 g/mol. The molecule has 1 aromatic rings. The molecule has 0 fully saturated rings. The number of aliphatic hydroxyl groups is 1. The van der Waals surface area contributed by atoms with Crippen LogP contribution in [0.5, 0.6) is 11.5 Å². The van der Waals surface area contributed by atoms with Crippen molar-refractivity contribution in [3.63, 3.8) is 0 Å². The Labute approximate surface area is 150 Å². The molecule has 0 amide bonds. The van der Waals surface area contributed by atoms with Crippen LogP contribution in [0.2, 0.25) is 0 Å². The minimum atomic E-state index is -0.605. The van der Waals surface area contributed by atoms with E-state index < -0.39 is 6.10 Å². The number of hydrogen-bond donors (Lipinski definition) is 3. The molecule has 0 bridgehead atoms. The number of fused-ring (bicyclic) bond motifs is 3. The lowest BCUT2D eigenvalue weighted by Crippen LogP contribution is -2.46. The highest BCUT2D eigenvalue weighted by Gasteiger charge is 2.46. The summed E-state index contributed by atoms with van der Waals surface area (Å²) < 4.78 is 6.35. The van der Waals surface area contributed by atoms with Crippen molar-refractivity contribution in [2.75, 3.05) is 6.54 Å². The molecule has 0 saturated heterocycles. The molecule has 4 N–H and O–H groups in total. The quantitative estimate of drug-likeness (QED) is 0.716. The predicted molar refractivity (Wildman–Crippen MR) is 100 cm³/mol. The summed E-state index contributed by atoms with van der Waals surface area (Å²) in [6.45, 7) is 10.8. The van der Waals surface area contributed by atoms with Gasteiger partial charge in [0, 0.05) is 23.9 Å². The number of hydrogen-bond acceptors (Lipinski definition) is 4. The highest BCUT2D eigenvalue weighted by Crippen LogP contribution is 2.55. The largest absolute Gasteiger partial charge is 0.508 e. The SMILES string of the molecule is CC(C)(C)c1cc(O)c2c(c1)OC(C)(C)[C@@H]1CC=C(C(O)CN)C[C@@H]21. The Bertz CT molecular complexity index is 700. The molecule has 1 aliphatic heterocycles. The Morgan fingerprint density at radius 3 is 2.60 bits per heavy atom. The van der Waals surface area contributed by atoms with Gasteiger partial charge < -0.3 is 20.7 Å². The number of aliphatic hydroxyl groups excluding tert-OH is 1. The Kier molecular flexibility index (Phi) is 4.41. The van der Waals surface area contributed by atoms with Crippen LogP contribution in [0.4, 0.5) is 0 Å². The van der Waals surface area contributed by atoms with Crippen molar-refractivity contribution in [1.82, 2.24) is 0 Å². The van der Waals surface area contributed by atoms with Crippen molar-refractivity contribution in [2.24, 2.45) is 11.7 Å². The summed E-state index contributed by atoms with van der Waals surface area (Å²) in [5.74, 6) is 1.48. The first-order valence-corrected chi connectivity index (χ1v) is 9.18. The molecule has 0 spiro atoms. The number of nitrogens with two attached hydrogens (primary N) is 1. The van der Waals surface area contributed by atoms with Crippen LogP contribution < -0.4 is 10.5 Å². The highest BCUT2D eigenvalue weighted by atomic mass is 16.5. The van der Waals surface area contributed by atoms with Gasteiger partial charge in [-0.2, -0.15) is 0 Å². The fourth-order valence-corrected chi connectivity index (χ4v) is 4.28. The van der Waals surface area contributed by atoms with Crippen molar-refractivity contribution < 1.29 is 14.9 Å². The minimum Gasteiger partial charge on any atom is -0.508 e. The van der Waals surface area contributed by atoms with Crippen LogP contribution in [0.15, 0.2) is 23.8 Å². The van der Waals surface area contributed by atoms with Crippen molar-refractivity contribution in [3.05, 3.63) is 34.9 Å². The maximum atomic E-state index is 10.8. The van der Waals surface area contributed by atoms with Gasteiger partial charge >= 0.3 is 0 Å². The molecule has 3 atom stereocenters. The topological polar surface area (TPSA) is 75.7 Å². The van der Waals surface area contributed by atoms with Gasteiger partial charge in [-0.3, -0.25) is 0 Å². The van der Waals surface area contributed by atoms with E-state index in [1.807, 2.05) is 6.07 Å². The van der Waals surface area contributed by atoms with Gasteiger partial charge in [0.1, 0.15) is 17.1 Å². The van der Waals surface area contributed by atoms with Gasteiger partial charge in [0.25, 0.3) is 0 Å². The van der Waals surface area contributed by atoms with E-state index in [1.54, 1.807) is 0 Å². The summed E-state index contributed by atoms with van der Waals surface area (Å²) in [6, 6.07) is 3.94. The third-order valence-electron chi connectivity index (χ3n) is 5.85. The van der Waals surface area contributed by atoms with Crippen molar-refractivity contribution >= 4 is 0 Å². The molecule has 1 heterocycles. The van der Waals surface area contributed by atoms with E-state index in [2.05, 4.69) is 46.8 Å². The first-order valence-electron chi connectivity index (χ1n) is 9.18. The van der Waals surface area contributed by atoms with E-state index >= 15 is 0 Å². The summed E-state index contributed by atoms with van der Waals surface area (Å²) in [7, 11) is 0. The number of benzene rings is 1. The fraction of sp³-hybridized carbons (Fsp3) is 0.619. The van der Waals surface area contributed by atoms with E-state index in [-0.39, 0.29) is 29.4 Å². The number of ether oxygens (including phenoxy) is 1. The monoisotopic (exact) mass is 345 g/mol. The summed E-state index contributed by atoms with van der Waals surface area (Å²) in [6.07, 6.45) is 3.04. The Hall–Kier alpha value is -1.52. The van der Waals surface area contributed by atoms with Crippen LogP contribution in [0.25, 0.3) is 0 Å². The van der Waals surface area contributed by atoms with E-state index in [0.29, 0.717) is 12.2 Å². The molecule has 4 heteroatoms. The summed E-state index contributed by atoms with van der Waals surface area (Å²) in [5, 5.41) is 21.0. The molecule has 0 saturated carbocycles. The molecule has 0 radical (unpaired) electrons. The number of phenols is 1. The van der Waals surface area contributed by atoms with Gasteiger partial charge in [0.15, 0.2) is 0 Å². The van der Waals surface area contributed by atoms with Gasteiger partial charge in [-0.1, -0.05) is 26.8 Å². The second-order valence-corrected chi connectivity index (χ2v) is 9.05. The lowest BCUT2D eigenvalue weighted by Gasteiger charge is -2.47. The van der Waals surface area contributed by atoms with Crippen LogP contribution in [-0.2, 0) is 5.41 Å². The molecule has 3 rings (SSSR count). The maximum absolute atomic E-state index is 10.8. The predicted octanol–water partition coefficient (Wildman–Crippen LogP) is 3.60. The van der Waals surface area contributed by atoms with Crippen molar-refractivity contribution in [2.45, 2.75) is 70.5 Å². The fourth-order valence-electron chi connectivity index (χ4n) is 4.28. The highest BCUT2D eigenvalue weighted by molar-refractivity contribution is 5.54. The third kappa shape index (κ3) is 3.18. The second kappa shape index (κ2) is 6.03. The van der Waals surface area contributed by atoms with Crippen LogP contribution in [0.1, 0.15) is 64.5 Å². The normalized spacial score (nSPS) is 26.1. The van der Waals surface area contributed by atoms with E-state index in [0.717, 1.165) is 28.9 Å². The lowest BCUT2D eigenvalue weighted by atomic mass is 9.66. The van der Waals surface area contributed by atoms with E-state index in [9.17, 15) is 10.2 Å². The van der Waals surface area contributed by atoms with Crippen molar-refractivity contribution in [1.29, 1.82) is 0 Å². The maximum Gasteiger partial charge on any atom is 0.127 e. The summed E-state index contributed by atoms with van der Waals surface area (Å²) in [5.41, 5.74) is 8.18. The first kappa shape index (κ1) is 18.3. The molecular formula is C21H31NO3. The van der Waals surface area contributed by atoms with Gasteiger partial charge in [0.2, 0.25) is 0 Å². The van der Waals surface area contributed by atoms with Gasteiger partial charge in [-0.25, -0.2) is 0 Å². The number of phenolic OH excluding ortho intramolecular Hbond substituents is 1. The van der Waals surface area contributed by atoms with Crippen molar-refractivity contribution in [3.8, 4) is 11.5 Å². The number of allylic oxidation sites excluding steroid dienone is 1. The zero-order valence-corrected chi connectivity index (χ0v) is 16.0. The third-order valence-corrected chi connectivity index (χ3v) is 5.85. The standard InChI is InChI=1S/C21H31NO3/c1-20(2,3)13-9-16(23)19-14-8-12(17(24)11-22)6-7-15(14)21(4,5)25-18(19)10-13/h6,9-10,14-15,17,23-24H,7-8,11,22H2,1-5H3/t14-,15-,17?/m1/s1. The molecule has 25 heavy (non-hydrogen) atoms.